The lowest BCUT2D eigenvalue weighted by molar-refractivity contribution is -0.137. The minimum Gasteiger partial charge on any atom is -0.490 e. The van der Waals surface area contributed by atoms with Gasteiger partial charge in [0, 0.05) is 12.6 Å². The van der Waals surface area contributed by atoms with E-state index in [0.29, 0.717) is 25.3 Å². The maximum Gasteiger partial charge on any atom is 0.387 e. The van der Waals surface area contributed by atoms with E-state index >= 15 is 0 Å². The summed E-state index contributed by atoms with van der Waals surface area (Å²) < 4.78 is 40.1. The van der Waals surface area contributed by atoms with Crippen molar-refractivity contribution in [1.29, 1.82) is 0 Å². The highest BCUT2D eigenvalue weighted by atomic mass is 19.3. The summed E-state index contributed by atoms with van der Waals surface area (Å²) in [6.45, 7) is 4.04. The fourth-order valence-corrected chi connectivity index (χ4v) is 2.56. The number of amides is 1. The molecule has 1 aromatic rings. The number of benzene rings is 1. The molecule has 0 bridgehead atoms. The second-order valence-corrected chi connectivity index (χ2v) is 5.83. The van der Waals surface area contributed by atoms with E-state index in [0.717, 1.165) is 0 Å². The van der Waals surface area contributed by atoms with Crippen LogP contribution in [0.2, 0.25) is 0 Å². The van der Waals surface area contributed by atoms with Gasteiger partial charge in [0.2, 0.25) is 5.91 Å². The molecule has 0 radical (unpaired) electrons. The van der Waals surface area contributed by atoms with Crippen LogP contribution in [0.3, 0.4) is 0 Å². The molecular formula is C18H23F2NO4. The third-order valence-electron chi connectivity index (χ3n) is 3.79. The summed E-state index contributed by atoms with van der Waals surface area (Å²) in [4.78, 5) is 14.1. The number of ether oxygens (including phenoxy) is 3. The summed E-state index contributed by atoms with van der Waals surface area (Å²) in [5.41, 5.74) is 0.660. The predicted molar refractivity (Wildman–Crippen MR) is 89.9 cm³/mol. The molecule has 0 aromatic heterocycles. The minimum atomic E-state index is -2.92. The van der Waals surface area contributed by atoms with Crippen molar-refractivity contribution in [3.8, 4) is 11.5 Å². The number of hydrogen-bond donors (Lipinski definition) is 0. The van der Waals surface area contributed by atoms with Gasteiger partial charge in [0.25, 0.3) is 0 Å². The van der Waals surface area contributed by atoms with E-state index in [1.54, 1.807) is 30.0 Å². The van der Waals surface area contributed by atoms with E-state index in [2.05, 4.69) is 4.74 Å². The molecule has 1 aliphatic rings. The molecule has 25 heavy (non-hydrogen) atoms. The van der Waals surface area contributed by atoms with Crippen molar-refractivity contribution >= 4 is 12.0 Å². The quantitative estimate of drug-likeness (QED) is 0.735. The Labute approximate surface area is 146 Å². The van der Waals surface area contributed by atoms with Gasteiger partial charge in [-0.15, -0.1) is 0 Å². The van der Waals surface area contributed by atoms with Gasteiger partial charge < -0.3 is 19.1 Å². The summed E-state index contributed by atoms with van der Waals surface area (Å²) >= 11 is 0. The third-order valence-corrected chi connectivity index (χ3v) is 3.79. The highest BCUT2D eigenvalue weighted by Gasteiger charge is 2.26. The largest absolute Gasteiger partial charge is 0.490 e. The maximum absolute atomic E-state index is 12.4. The lowest BCUT2D eigenvalue weighted by Gasteiger charge is -2.36. The number of carbonyl (C=O) groups is 1. The molecule has 0 spiro atoms. The number of alkyl halides is 2. The van der Waals surface area contributed by atoms with Gasteiger partial charge in [-0.05, 0) is 44.5 Å². The number of rotatable bonds is 6. The first kappa shape index (κ1) is 19.2. The summed E-state index contributed by atoms with van der Waals surface area (Å²) in [5.74, 6) is 0.0650. The smallest absolute Gasteiger partial charge is 0.387 e. The van der Waals surface area contributed by atoms with Gasteiger partial charge in [0.15, 0.2) is 11.5 Å². The Balaban J connectivity index is 2.11. The average Bonchev–Trinajstić information content (AvgIpc) is 2.56. The van der Waals surface area contributed by atoms with Crippen molar-refractivity contribution in [2.45, 2.75) is 39.5 Å². The molecule has 2 unspecified atom stereocenters. The van der Waals surface area contributed by atoms with Gasteiger partial charge >= 0.3 is 6.61 Å². The molecule has 1 amide bonds. The number of hydrogen-bond acceptors (Lipinski definition) is 4. The van der Waals surface area contributed by atoms with Gasteiger partial charge in [0.1, 0.15) is 0 Å². The number of morpholine rings is 1. The molecule has 1 saturated heterocycles. The van der Waals surface area contributed by atoms with Gasteiger partial charge in [-0.3, -0.25) is 4.79 Å². The fourth-order valence-electron chi connectivity index (χ4n) is 2.56. The topological polar surface area (TPSA) is 48.0 Å². The van der Waals surface area contributed by atoms with Crippen LogP contribution in [0.1, 0.15) is 26.3 Å². The molecule has 1 heterocycles. The van der Waals surface area contributed by atoms with E-state index in [4.69, 9.17) is 9.47 Å². The monoisotopic (exact) mass is 355 g/mol. The fraction of sp³-hybridized carbons (Fsp3) is 0.500. The van der Waals surface area contributed by atoms with Gasteiger partial charge in [-0.1, -0.05) is 6.07 Å². The molecule has 1 aromatic carbocycles. The second kappa shape index (κ2) is 8.80. The van der Waals surface area contributed by atoms with Crippen LogP contribution in [0.5, 0.6) is 11.5 Å². The molecule has 0 N–H and O–H groups in total. The zero-order valence-electron chi connectivity index (χ0n) is 14.6. The van der Waals surface area contributed by atoms with Crippen molar-refractivity contribution in [2.24, 2.45) is 0 Å². The molecule has 0 aliphatic carbocycles. The Morgan fingerprint density at radius 1 is 1.40 bits per heavy atom. The normalized spacial score (nSPS) is 21.0. The first-order valence-corrected chi connectivity index (χ1v) is 8.22. The van der Waals surface area contributed by atoms with Crippen molar-refractivity contribution in [2.75, 3.05) is 19.8 Å². The van der Waals surface area contributed by atoms with E-state index in [1.807, 2.05) is 13.8 Å². The van der Waals surface area contributed by atoms with Crippen LogP contribution in [0.25, 0.3) is 6.08 Å². The lowest BCUT2D eigenvalue weighted by Crippen LogP contribution is -2.49. The molecule has 138 valence electrons. The Bertz CT molecular complexity index is 621. The van der Waals surface area contributed by atoms with Crippen LogP contribution in [-0.2, 0) is 9.53 Å². The van der Waals surface area contributed by atoms with Crippen LogP contribution in [0.15, 0.2) is 24.3 Å². The Kier molecular flexibility index (Phi) is 6.75. The first-order chi connectivity index (χ1) is 11.9. The zero-order valence-corrected chi connectivity index (χ0v) is 14.6. The SMILES string of the molecule is CCOc1cc(/C=C/C(=O)N2CC(C)OCC2C)ccc1OC(F)F. The molecule has 7 heteroatoms. The maximum atomic E-state index is 12.4. The number of halogens is 2. The zero-order chi connectivity index (χ0) is 18.4. The van der Waals surface area contributed by atoms with Gasteiger partial charge in [0.05, 0.1) is 25.4 Å². The molecular weight excluding hydrogens is 332 g/mol. The van der Waals surface area contributed by atoms with E-state index in [9.17, 15) is 13.6 Å². The minimum absolute atomic E-state index is 0.00360. The van der Waals surface area contributed by atoms with Crippen LogP contribution >= 0.6 is 0 Å². The highest BCUT2D eigenvalue weighted by Crippen LogP contribution is 2.30. The molecule has 1 aliphatic heterocycles. The third kappa shape index (κ3) is 5.42. The highest BCUT2D eigenvalue weighted by molar-refractivity contribution is 5.92. The van der Waals surface area contributed by atoms with E-state index < -0.39 is 6.61 Å². The predicted octanol–water partition coefficient (Wildman–Crippen LogP) is 3.34. The lowest BCUT2D eigenvalue weighted by atomic mass is 10.1. The van der Waals surface area contributed by atoms with Crippen molar-refractivity contribution in [3.63, 3.8) is 0 Å². The Hall–Kier alpha value is -2.15. The summed E-state index contributed by atoms with van der Waals surface area (Å²) in [6, 6.07) is 4.57. The van der Waals surface area contributed by atoms with Crippen molar-refractivity contribution < 1.29 is 27.8 Å². The molecule has 2 rings (SSSR count). The molecule has 5 nitrogen and oxygen atoms in total. The van der Waals surface area contributed by atoms with E-state index in [1.165, 1.54) is 12.1 Å². The summed E-state index contributed by atoms with van der Waals surface area (Å²) in [7, 11) is 0. The van der Waals surface area contributed by atoms with Crippen LogP contribution < -0.4 is 9.47 Å². The standard InChI is InChI=1S/C18H23F2NO4/c1-4-23-16-9-14(5-7-15(16)25-18(19)20)6-8-17(22)21-10-13(3)24-11-12(21)2/h5-9,12-13,18H,4,10-11H2,1-3H3/b8-6+. The Morgan fingerprint density at radius 2 is 2.16 bits per heavy atom. The molecule has 0 saturated carbocycles. The van der Waals surface area contributed by atoms with Crippen LogP contribution in [-0.4, -0.2) is 49.3 Å². The van der Waals surface area contributed by atoms with Crippen LogP contribution in [0, 0.1) is 0 Å². The number of carbonyl (C=O) groups excluding carboxylic acids is 1. The average molecular weight is 355 g/mol. The van der Waals surface area contributed by atoms with Gasteiger partial charge in [-0.2, -0.15) is 8.78 Å². The second-order valence-electron chi connectivity index (χ2n) is 5.83. The van der Waals surface area contributed by atoms with E-state index in [-0.39, 0.29) is 29.6 Å². The molecule has 2 atom stereocenters. The number of nitrogens with zero attached hydrogens (tertiary/aromatic N) is 1. The van der Waals surface area contributed by atoms with Crippen molar-refractivity contribution in [1.82, 2.24) is 4.90 Å². The first-order valence-electron chi connectivity index (χ1n) is 8.22. The summed E-state index contributed by atoms with van der Waals surface area (Å²) in [5, 5.41) is 0. The van der Waals surface area contributed by atoms with Crippen LogP contribution in [0.4, 0.5) is 8.78 Å². The molecule has 1 fully saturated rings. The van der Waals surface area contributed by atoms with Gasteiger partial charge in [-0.25, -0.2) is 0 Å². The van der Waals surface area contributed by atoms with Crippen molar-refractivity contribution in [3.05, 3.63) is 29.8 Å². The summed E-state index contributed by atoms with van der Waals surface area (Å²) in [6.07, 6.45) is 3.10. The Morgan fingerprint density at radius 3 is 2.84 bits per heavy atom.